The number of para-hydroxylation sites is 3. The molecule has 0 fully saturated rings. The molecule has 9 rings (SSSR count). The Bertz CT molecular complexity index is 2500. The second kappa shape index (κ2) is 12.8. The van der Waals surface area contributed by atoms with E-state index >= 15 is 0 Å². The molecule has 8 aromatic rings. The minimum absolute atomic E-state index is 0.398. The van der Waals surface area contributed by atoms with Gasteiger partial charge in [0.1, 0.15) is 22.9 Å². The Kier molecular flexibility index (Phi) is 7.77. The number of hydrogen-bond acceptors (Lipinski definition) is 4. The summed E-state index contributed by atoms with van der Waals surface area (Å²) in [4.78, 5) is 9.71. The van der Waals surface area contributed by atoms with Gasteiger partial charge in [-0.2, -0.15) is 0 Å². The predicted octanol–water partition coefficient (Wildman–Crippen LogP) is 11.3. The summed E-state index contributed by atoms with van der Waals surface area (Å²) < 4.78 is 9.09. The van der Waals surface area contributed by atoms with Crippen LogP contribution in [0.3, 0.4) is 0 Å². The number of anilines is 2. The van der Waals surface area contributed by atoms with Gasteiger partial charge in [-0.15, -0.1) is 0 Å². The van der Waals surface area contributed by atoms with Crippen LogP contribution in [0.2, 0.25) is 0 Å². The van der Waals surface area contributed by atoms with Crippen LogP contribution in [0.15, 0.2) is 170 Å². The molecule has 0 atom stereocenters. The SMILES string of the molecule is CC(C)c1ccnc(-n2c3ccccc3c3ccc(Oc4cccc(C(c5ccccc5)(c5ccccc5)N5CN(C)c6ccccc65)c4)cc32)c1. The maximum Gasteiger partial charge on any atom is 0.137 e. The molecule has 5 nitrogen and oxygen atoms in total. The lowest BCUT2D eigenvalue weighted by atomic mass is 9.75. The molecule has 0 radical (unpaired) electrons. The predicted molar refractivity (Wildman–Crippen MR) is 214 cm³/mol. The largest absolute Gasteiger partial charge is 0.457 e. The van der Waals surface area contributed by atoms with Gasteiger partial charge in [0.15, 0.2) is 0 Å². The van der Waals surface area contributed by atoms with Crippen molar-refractivity contribution in [2.75, 3.05) is 23.5 Å². The fourth-order valence-corrected chi connectivity index (χ4v) is 8.09. The molecular formula is C47H40N4O. The Balaban J connectivity index is 1.20. The van der Waals surface area contributed by atoms with E-state index in [1.54, 1.807) is 0 Å². The van der Waals surface area contributed by atoms with Crippen molar-refractivity contribution >= 4 is 33.2 Å². The summed E-state index contributed by atoms with van der Waals surface area (Å²) >= 11 is 0. The fraction of sp³-hybridized carbons (Fsp3) is 0.128. The van der Waals surface area contributed by atoms with Gasteiger partial charge in [-0.3, -0.25) is 4.57 Å². The Labute approximate surface area is 305 Å². The van der Waals surface area contributed by atoms with Gasteiger partial charge in [-0.1, -0.05) is 117 Å². The third-order valence-electron chi connectivity index (χ3n) is 10.5. The van der Waals surface area contributed by atoms with Crippen LogP contribution >= 0.6 is 0 Å². The van der Waals surface area contributed by atoms with E-state index in [9.17, 15) is 0 Å². The summed E-state index contributed by atoms with van der Waals surface area (Å²) in [6, 6.07) is 58.3. The topological polar surface area (TPSA) is 33.5 Å². The molecule has 1 aliphatic rings. The van der Waals surface area contributed by atoms with Crippen LogP contribution in [0.25, 0.3) is 27.6 Å². The van der Waals surface area contributed by atoms with Gasteiger partial charge >= 0.3 is 0 Å². The zero-order valence-corrected chi connectivity index (χ0v) is 29.6. The van der Waals surface area contributed by atoms with Crippen molar-refractivity contribution in [2.45, 2.75) is 25.3 Å². The highest BCUT2D eigenvalue weighted by Crippen LogP contribution is 2.50. The fourth-order valence-electron chi connectivity index (χ4n) is 8.09. The van der Waals surface area contributed by atoms with Crippen LogP contribution in [-0.2, 0) is 5.54 Å². The molecular weight excluding hydrogens is 637 g/mol. The molecule has 2 aromatic heterocycles. The molecule has 0 aliphatic carbocycles. The number of pyridine rings is 1. The first-order valence-electron chi connectivity index (χ1n) is 18.0. The molecule has 5 heteroatoms. The first-order valence-corrected chi connectivity index (χ1v) is 18.0. The highest BCUT2D eigenvalue weighted by Gasteiger charge is 2.46. The molecule has 0 unspecified atom stereocenters. The van der Waals surface area contributed by atoms with E-state index in [4.69, 9.17) is 9.72 Å². The molecule has 3 heterocycles. The Morgan fingerprint density at radius 1 is 0.577 bits per heavy atom. The van der Waals surface area contributed by atoms with Crippen molar-refractivity contribution in [2.24, 2.45) is 0 Å². The third-order valence-corrected chi connectivity index (χ3v) is 10.5. The molecule has 1 aliphatic heterocycles. The lowest BCUT2D eigenvalue weighted by Gasteiger charge is -2.45. The standard InChI is InChI=1S/C47H40N4O/c1-33(2)34-27-28-48-46(29-34)51-42-22-11-10-21-40(42)41-26-25-39(31-45(41)51)52-38-20-14-19-37(30-38)47(35-15-6-4-7-16-35,36-17-8-5-9-18-36)50-32-49(3)43-23-12-13-24-44(43)50/h4-31,33H,32H2,1-3H3. The lowest BCUT2D eigenvalue weighted by molar-refractivity contribution is 0.479. The summed E-state index contributed by atoms with van der Waals surface area (Å²) in [5, 5.41) is 2.35. The zero-order valence-electron chi connectivity index (χ0n) is 29.6. The maximum absolute atomic E-state index is 6.83. The Morgan fingerprint density at radius 2 is 1.21 bits per heavy atom. The maximum atomic E-state index is 6.83. The number of rotatable bonds is 8. The first kappa shape index (κ1) is 31.6. The summed E-state index contributed by atoms with van der Waals surface area (Å²) in [5.74, 6) is 2.85. The third kappa shape index (κ3) is 5.12. The second-order valence-corrected chi connectivity index (χ2v) is 14.0. The van der Waals surface area contributed by atoms with E-state index in [0.29, 0.717) is 5.92 Å². The van der Waals surface area contributed by atoms with Crippen LogP contribution in [0, 0.1) is 0 Å². The molecule has 0 amide bonds. The van der Waals surface area contributed by atoms with Crippen molar-refractivity contribution in [1.29, 1.82) is 0 Å². The molecule has 0 spiro atoms. The van der Waals surface area contributed by atoms with Crippen molar-refractivity contribution in [3.63, 3.8) is 0 Å². The van der Waals surface area contributed by atoms with Crippen LogP contribution < -0.4 is 14.5 Å². The summed E-state index contributed by atoms with van der Waals surface area (Å²) in [7, 11) is 2.17. The van der Waals surface area contributed by atoms with Gasteiger partial charge in [0, 0.05) is 30.1 Å². The smallest absolute Gasteiger partial charge is 0.137 e. The van der Waals surface area contributed by atoms with E-state index in [1.807, 2.05) is 6.20 Å². The second-order valence-electron chi connectivity index (χ2n) is 14.0. The van der Waals surface area contributed by atoms with Gasteiger partial charge in [0.25, 0.3) is 0 Å². The lowest BCUT2D eigenvalue weighted by Crippen LogP contribution is -2.49. The molecule has 6 aromatic carbocycles. The van der Waals surface area contributed by atoms with E-state index in [1.165, 1.54) is 33.5 Å². The first-order chi connectivity index (χ1) is 25.5. The normalized spacial score (nSPS) is 12.9. The van der Waals surface area contributed by atoms with Crippen LogP contribution in [-0.4, -0.2) is 23.3 Å². The quantitative estimate of drug-likeness (QED) is 0.150. The summed E-state index contributed by atoms with van der Waals surface area (Å²) in [6.07, 6.45) is 1.92. The highest BCUT2D eigenvalue weighted by atomic mass is 16.5. The average molecular weight is 677 g/mol. The van der Waals surface area contributed by atoms with Gasteiger partial charge in [0.2, 0.25) is 0 Å². The van der Waals surface area contributed by atoms with Crippen LogP contribution in [0.4, 0.5) is 11.4 Å². The van der Waals surface area contributed by atoms with E-state index in [0.717, 1.165) is 46.0 Å². The highest BCUT2D eigenvalue weighted by molar-refractivity contribution is 6.09. The van der Waals surface area contributed by atoms with Crippen molar-refractivity contribution in [3.8, 4) is 17.3 Å². The summed E-state index contributed by atoms with van der Waals surface area (Å²) in [5.41, 5.74) is 8.69. The number of hydrogen-bond donors (Lipinski definition) is 0. The monoisotopic (exact) mass is 676 g/mol. The van der Waals surface area contributed by atoms with Crippen molar-refractivity contribution in [1.82, 2.24) is 9.55 Å². The molecule has 254 valence electrons. The average Bonchev–Trinajstić information content (AvgIpc) is 3.70. The summed E-state index contributed by atoms with van der Waals surface area (Å²) in [6.45, 7) is 5.16. The Hall–Kier alpha value is -6.33. The molecule has 0 saturated carbocycles. The number of ether oxygens (including phenoxy) is 1. The molecule has 0 bridgehead atoms. The van der Waals surface area contributed by atoms with Gasteiger partial charge in [0.05, 0.1) is 29.1 Å². The van der Waals surface area contributed by atoms with E-state index < -0.39 is 5.54 Å². The number of aromatic nitrogens is 2. The zero-order chi connectivity index (χ0) is 35.2. The minimum Gasteiger partial charge on any atom is -0.457 e. The van der Waals surface area contributed by atoms with E-state index in [-0.39, 0.29) is 0 Å². The molecule has 0 N–H and O–H groups in total. The van der Waals surface area contributed by atoms with Gasteiger partial charge < -0.3 is 14.5 Å². The Morgan fingerprint density at radius 3 is 1.96 bits per heavy atom. The number of nitrogens with zero attached hydrogens (tertiary/aromatic N) is 4. The molecule has 52 heavy (non-hydrogen) atoms. The van der Waals surface area contributed by atoms with Crippen LogP contribution in [0.1, 0.15) is 42.0 Å². The van der Waals surface area contributed by atoms with Crippen molar-refractivity contribution in [3.05, 3.63) is 192 Å². The minimum atomic E-state index is -0.647. The van der Waals surface area contributed by atoms with Gasteiger partial charge in [-0.05, 0) is 82.8 Å². The van der Waals surface area contributed by atoms with Crippen molar-refractivity contribution < 1.29 is 4.74 Å². The number of benzene rings is 6. The van der Waals surface area contributed by atoms with E-state index in [2.05, 4.69) is 199 Å². The molecule has 0 saturated heterocycles. The van der Waals surface area contributed by atoms with Crippen LogP contribution in [0.5, 0.6) is 11.5 Å². The number of fused-ring (bicyclic) bond motifs is 4. The van der Waals surface area contributed by atoms with Gasteiger partial charge in [-0.25, -0.2) is 4.98 Å².